The molecule has 1 aliphatic rings. The van der Waals surface area contributed by atoms with E-state index in [9.17, 15) is 4.39 Å². The highest BCUT2D eigenvalue weighted by Crippen LogP contribution is 2.34. The Balaban J connectivity index is 1.47. The van der Waals surface area contributed by atoms with E-state index in [2.05, 4.69) is 24.0 Å². The number of benzene rings is 1. The predicted octanol–water partition coefficient (Wildman–Crippen LogP) is 7.55. The molecule has 158 valence electrons. The number of hydrogen-bond acceptors (Lipinski definition) is 2. The lowest BCUT2D eigenvalue weighted by molar-refractivity contribution is 0.248. The summed E-state index contributed by atoms with van der Waals surface area (Å²) in [6.07, 6.45) is 15.2. The normalized spacial score (nSPS) is 19.4. The van der Waals surface area contributed by atoms with Crippen LogP contribution in [0.3, 0.4) is 0 Å². The minimum Gasteiger partial charge on any atom is -0.206 e. The first-order valence-electron chi connectivity index (χ1n) is 11.8. The molecule has 0 aliphatic heterocycles. The van der Waals surface area contributed by atoms with Crippen LogP contribution in [0.5, 0.6) is 0 Å². The molecule has 1 aromatic heterocycles. The van der Waals surface area contributed by atoms with E-state index in [0.717, 1.165) is 42.4 Å². The first-order valence-corrected chi connectivity index (χ1v) is 11.8. The molecule has 2 aromatic rings. The van der Waals surface area contributed by atoms with Gasteiger partial charge >= 0.3 is 0 Å². The van der Waals surface area contributed by atoms with E-state index >= 15 is 0 Å². The number of unbranched alkanes of at least 4 members (excludes halogenated alkanes) is 2. The molecular formula is C26H37FN2. The molecule has 2 nitrogen and oxygen atoms in total. The summed E-state index contributed by atoms with van der Waals surface area (Å²) in [6.45, 7) is 4.39. The molecule has 0 bridgehead atoms. The molecule has 1 aromatic carbocycles. The van der Waals surface area contributed by atoms with Crippen molar-refractivity contribution in [2.24, 2.45) is 11.8 Å². The fourth-order valence-electron chi connectivity index (χ4n) is 4.69. The highest BCUT2D eigenvalue weighted by atomic mass is 19.1. The van der Waals surface area contributed by atoms with Crippen molar-refractivity contribution < 1.29 is 4.39 Å². The molecule has 3 heteroatoms. The minimum absolute atomic E-state index is 0.200. The Morgan fingerprint density at radius 1 is 0.828 bits per heavy atom. The van der Waals surface area contributed by atoms with Crippen LogP contribution in [0.15, 0.2) is 30.3 Å². The van der Waals surface area contributed by atoms with Gasteiger partial charge in [0.25, 0.3) is 0 Å². The van der Waals surface area contributed by atoms with Crippen LogP contribution in [0.25, 0.3) is 11.3 Å². The number of aromatic nitrogens is 2. The Morgan fingerprint density at radius 2 is 1.59 bits per heavy atom. The largest absolute Gasteiger partial charge is 0.206 e. The van der Waals surface area contributed by atoms with Gasteiger partial charge in [-0.2, -0.15) is 10.2 Å². The van der Waals surface area contributed by atoms with Crippen molar-refractivity contribution in [3.8, 4) is 11.3 Å². The number of halogens is 1. The zero-order valence-corrected chi connectivity index (χ0v) is 18.3. The molecular weight excluding hydrogens is 359 g/mol. The summed E-state index contributed by atoms with van der Waals surface area (Å²) in [7, 11) is 0. The first-order chi connectivity index (χ1) is 14.2. The standard InChI is InChI=1S/C26H37FN2/c1-3-5-6-8-20-9-11-21(12-10-20)13-15-23-16-18-26(29-28-23)24-17-14-22(7-4-2)19-25(24)27/h14,16-21H,3-13,15H2,1-2H3. The van der Waals surface area contributed by atoms with Gasteiger partial charge in [-0.3, -0.25) is 0 Å². The Hall–Kier alpha value is -1.77. The molecule has 1 saturated carbocycles. The van der Waals surface area contributed by atoms with Crippen molar-refractivity contribution >= 4 is 0 Å². The van der Waals surface area contributed by atoms with Crippen LogP contribution in [0.4, 0.5) is 4.39 Å². The van der Waals surface area contributed by atoms with Crippen molar-refractivity contribution in [3.05, 3.63) is 47.4 Å². The highest BCUT2D eigenvalue weighted by molar-refractivity contribution is 5.59. The second-order valence-electron chi connectivity index (χ2n) is 8.90. The van der Waals surface area contributed by atoms with Gasteiger partial charge in [0.2, 0.25) is 0 Å². The molecule has 0 unspecified atom stereocenters. The summed E-state index contributed by atoms with van der Waals surface area (Å²) in [6, 6.07) is 9.41. The molecule has 29 heavy (non-hydrogen) atoms. The lowest BCUT2D eigenvalue weighted by Crippen LogP contribution is -2.15. The van der Waals surface area contributed by atoms with Crippen LogP contribution in [0.1, 0.15) is 89.3 Å². The topological polar surface area (TPSA) is 25.8 Å². The van der Waals surface area contributed by atoms with Gasteiger partial charge in [-0.25, -0.2) is 4.39 Å². The second-order valence-corrected chi connectivity index (χ2v) is 8.90. The van der Waals surface area contributed by atoms with E-state index in [4.69, 9.17) is 0 Å². The zero-order valence-electron chi connectivity index (χ0n) is 18.3. The van der Waals surface area contributed by atoms with Gasteiger partial charge in [0.1, 0.15) is 5.82 Å². The van der Waals surface area contributed by atoms with E-state index in [1.165, 1.54) is 57.8 Å². The van der Waals surface area contributed by atoms with Crippen molar-refractivity contribution in [1.29, 1.82) is 0 Å². The third-order valence-corrected chi connectivity index (χ3v) is 6.56. The van der Waals surface area contributed by atoms with Crippen molar-refractivity contribution in [1.82, 2.24) is 10.2 Å². The Morgan fingerprint density at radius 3 is 2.21 bits per heavy atom. The first kappa shape index (κ1) is 21.9. The van der Waals surface area contributed by atoms with Crippen molar-refractivity contribution in [2.75, 3.05) is 0 Å². The molecule has 1 heterocycles. The molecule has 0 radical (unpaired) electrons. The van der Waals surface area contributed by atoms with Crippen LogP contribution >= 0.6 is 0 Å². The summed E-state index contributed by atoms with van der Waals surface area (Å²) in [5.74, 6) is 1.60. The molecule has 3 rings (SSSR count). The summed E-state index contributed by atoms with van der Waals surface area (Å²) in [5, 5.41) is 8.70. The maximum atomic E-state index is 14.4. The Labute approximate surface area is 176 Å². The van der Waals surface area contributed by atoms with Gasteiger partial charge in [0.05, 0.1) is 11.4 Å². The van der Waals surface area contributed by atoms with E-state index < -0.39 is 0 Å². The molecule has 1 aliphatic carbocycles. The van der Waals surface area contributed by atoms with Gasteiger partial charge in [0, 0.05) is 5.56 Å². The summed E-state index contributed by atoms with van der Waals surface area (Å²) in [4.78, 5) is 0. The van der Waals surface area contributed by atoms with E-state index in [1.54, 1.807) is 6.07 Å². The second kappa shape index (κ2) is 11.4. The highest BCUT2D eigenvalue weighted by Gasteiger charge is 2.20. The monoisotopic (exact) mass is 396 g/mol. The van der Waals surface area contributed by atoms with Crippen LogP contribution in [0, 0.1) is 17.7 Å². The van der Waals surface area contributed by atoms with E-state index in [-0.39, 0.29) is 5.82 Å². The average molecular weight is 397 g/mol. The summed E-state index contributed by atoms with van der Waals surface area (Å²) >= 11 is 0. The number of nitrogens with zero attached hydrogens (tertiary/aromatic N) is 2. The molecule has 0 saturated heterocycles. The maximum Gasteiger partial charge on any atom is 0.132 e. The Bertz CT molecular complexity index is 733. The lowest BCUT2D eigenvalue weighted by Gasteiger charge is -2.28. The lowest BCUT2D eigenvalue weighted by atomic mass is 9.78. The third kappa shape index (κ3) is 6.62. The van der Waals surface area contributed by atoms with Gasteiger partial charge in [-0.15, -0.1) is 0 Å². The van der Waals surface area contributed by atoms with Crippen molar-refractivity contribution in [3.63, 3.8) is 0 Å². The number of aryl methyl sites for hydroxylation is 2. The van der Waals surface area contributed by atoms with Crippen LogP contribution in [-0.4, -0.2) is 10.2 Å². The zero-order chi connectivity index (χ0) is 20.5. The summed E-state index contributed by atoms with van der Waals surface area (Å²) in [5.41, 5.74) is 3.24. The van der Waals surface area contributed by atoms with Gasteiger partial charge in [-0.05, 0) is 60.9 Å². The minimum atomic E-state index is -0.200. The molecule has 0 atom stereocenters. The van der Waals surface area contributed by atoms with Gasteiger partial charge < -0.3 is 0 Å². The van der Waals surface area contributed by atoms with E-state index in [0.29, 0.717) is 11.3 Å². The van der Waals surface area contributed by atoms with Gasteiger partial charge in [-0.1, -0.05) is 77.7 Å². The van der Waals surface area contributed by atoms with Crippen LogP contribution < -0.4 is 0 Å². The smallest absolute Gasteiger partial charge is 0.132 e. The fourth-order valence-corrected chi connectivity index (χ4v) is 4.69. The number of hydrogen-bond donors (Lipinski definition) is 0. The Kier molecular flexibility index (Phi) is 8.64. The van der Waals surface area contributed by atoms with E-state index in [1.807, 2.05) is 24.3 Å². The molecule has 0 amide bonds. The molecule has 0 N–H and O–H groups in total. The maximum absolute atomic E-state index is 14.4. The predicted molar refractivity (Wildman–Crippen MR) is 119 cm³/mol. The average Bonchev–Trinajstić information content (AvgIpc) is 2.74. The fraction of sp³-hybridized carbons (Fsp3) is 0.615. The van der Waals surface area contributed by atoms with Gasteiger partial charge in [0.15, 0.2) is 0 Å². The molecule has 0 spiro atoms. The quantitative estimate of drug-likeness (QED) is 0.387. The van der Waals surface area contributed by atoms with Crippen LogP contribution in [0.2, 0.25) is 0 Å². The third-order valence-electron chi connectivity index (χ3n) is 6.56. The molecule has 1 fully saturated rings. The summed E-state index contributed by atoms with van der Waals surface area (Å²) < 4.78 is 14.4. The number of rotatable bonds is 10. The van der Waals surface area contributed by atoms with Crippen molar-refractivity contribution in [2.45, 2.75) is 90.9 Å². The SMILES string of the molecule is CCCCCC1CCC(CCc2ccc(-c3ccc(CCC)cc3F)nn2)CC1. The van der Waals surface area contributed by atoms with Crippen LogP contribution in [-0.2, 0) is 12.8 Å².